The number of thiophene rings is 1. The van der Waals surface area contributed by atoms with E-state index in [1.165, 1.54) is 10.4 Å². The van der Waals surface area contributed by atoms with Crippen LogP contribution in [0.4, 0.5) is 0 Å². The summed E-state index contributed by atoms with van der Waals surface area (Å²) in [5.74, 6) is 0.0223. The van der Waals surface area contributed by atoms with Crippen LogP contribution in [0.2, 0.25) is 0 Å². The van der Waals surface area contributed by atoms with Crippen molar-refractivity contribution in [2.75, 3.05) is 0 Å². The molecule has 6 heteroatoms. The third-order valence-electron chi connectivity index (χ3n) is 3.73. The van der Waals surface area contributed by atoms with Crippen LogP contribution >= 0.6 is 11.3 Å². The van der Waals surface area contributed by atoms with E-state index >= 15 is 0 Å². The zero-order valence-corrected chi connectivity index (χ0v) is 14.2. The van der Waals surface area contributed by atoms with Gasteiger partial charge in [-0.1, -0.05) is 0 Å². The second kappa shape index (κ2) is 7.79. The number of nitrogens with one attached hydrogen (secondary N) is 1. The number of hydrogen-bond acceptors (Lipinski definition) is 5. The fourth-order valence-electron chi connectivity index (χ4n) is 2.41. The van der Waals surface area contributed by atoms with Crippen LogP contribution in [0.1, 0.15) is 22.6 Å². The van der Waals surface area contributed by atoms with Crippen LogP contribution in [0.15, 0.2) is 48.4 Å². The standard InChI is InChI=1S/C18H18N4OS/c1-13-6-11-24-16(13)2-3-17(23)22-12-15-18(21-10-9-20-15)14-4-7-19-8-5-14/h4-11H,2-3,12H2,1H3,(H,22,23). The van der Waals surface area contributed by atoms with E-state index in [1.54, 1.807) is 36.1 Å². The molecule has 1 amide bonds. The average molecular weight is 338 g/mol. The van der Waals surface area contributed by atoms with Crippen molar-refractivity contribution in [2.24, 2.45) is 0 Å². The lowest BCUT2D eigenvalue weighted by Gasteiger charge is -2.09. The van der Waals surface area contributed by atoms with E-state index in [0.717, 1.165) is 23.4 Å². The molecule has 0 radical (unpaired) electrons. The summed E-state index contributed by atoms with van der Waals surface area (Å²) >= 11 is 1.70. The molecule has 0 atom stereocenters. The van der Waals surface area contributed by atoms with Gasteiger partial charge in [0.25, 0.3) is 0 Å². The third kappa shape index (κ3) is 4.02. The molecule has 1 N–H and O–H groups in total. The van der Waals surface area contributed by atoms with Crippen molar-refractivity contribution in [1.82, 2.24) is 20.3 Å². The van der Waals surface area contributed by atoms with Gasteiger partial charge in [0.15, 0.2) is 0 Å². The van der Waals surface area contributed by atoms with E-state index < -0.39 is 0 Å². The highest BCUT2D eigenvalue weighted by Gasteiger charge is 2.10. The van der Waals surface area contributed by atoms with Gasteiger partial charge in [-0.2, -0.15) is 0 Å². The van der Waals surface area contributed by atoms with Gasteiger partial charge in [0.1, 0.15) is 0 Å². The Bertz CT molecular complexity index is 817. The second-order valence-electron chi connectivity index (χ2n) is 5.39. The first-order chi connectivity index (χ1) is 11.7. The Morgan fingerprint density at radius 2 is 1.92 bits per heavy atom. The van der Waals surface area contributed by atoms with E-state index in [4.69, 9.17) is 0 Å². The zero-order valence-electron chi connectivity index (χ0n) is 13.4. The molecule has 3 rings (SSSR count). The number of amides is 1. The van der Waals surface area contributed by atoms with E-state index in [2.05, 4.69) is 38.6 Å². The number of aryl methyl sites for hydroxylation is 2. The van der Waals surface area contributed by atoms with Gasteiger partial charge in [-0.25, -0.2) is 0 Å². The lowest BCUT2D eigenvalue weighted by molar-refractivity contribution is -0.121. The largest absolute Gasteiger partial charge is 0.350 e. The molecule has 3 aromatic rings. The predicted octanol–water partition coefficient (Wildman–Crippen LogP) is 3.16. The average Bonchev–Trinajstić information content (AvgIpc) is 3.04. The van der Waals surface area contributed by atoms with Crippen LogP contribution in [0.5, 0.6) is 0 Å². The number of pyridine rings is 1. The molecule has 0 spiro atoms. The fourth-order valence-corrected chi connectivity index (χ4v) is 3.32. The molecule has 0 bridgehead atoms. The normalized spacial score (nSPS) is 10.5. The zero-order chi connectivity index (χ0) is 16.8. The van der Waals surface area contributed by atoms with Crippen molar-refractivity contribution in [1.29, 1.82) is 0 Å². The fraction of sp³-hybridized carbons (Fsp3) is 0.222. The highest BCUT2D eigenvalue weighted by molar-refractivity contribution is 7.10. The third-order valence-corrected chi connectivity index (χ3v) is 4.81. The molecular formula is C18H18N4OS. The Hall–Kier alpha value is -2.60. The first-order valence-electron chi connectivity index (χ1n) is 7.74. The molecule has 0 aliphatic rings. The van der Waals surface area contributed by atoms with Crippen LogP contribution in [-0.4, -0.2) is 20.9 Å². The Morgan fingerprint density at radius 3 is 2.67 bits per heavy atom. The van der Waals surface area contributed by atoms with Crippen molar-refractivity contribution < 1.29 is 4.79 Å². The van der Waals surface area contributed by atoms with E-state index in [0.29, 0.717) is 13.0 Å². The van der Waals surface area contributed by atoms with Gasteiger partial charge in [-0.3, -0.25) is 19.7 Å². The van der Waals surface area contributed by atoms with Crippen molar-refractivity contribution >= 4 is 17.2 Å². The molecule has 3 aromatic heterocycles. The van der Waals surface area contributed by atoms with Crippen LogP contribution in [0.3, 0.4) is 0 Å². The summed E-state index contributed by atoms with van der Waals surface area (Å²) in [6, 6.07) is 5.85. The van der Waals surface area contributed by atoms with Crippen molar-refractivity contribution in [3.8, 4) is 11.3 Å². The summed E-state index contributed by atoms with van der Waals surface area (Å²) in [6.45, 7) is 2.44. The highest BCUT2D eigenvalue weighted by atomic mass is 32.1. The van der Waals surface area contributed by atoms with Gasteiger partial charge < -0.3 is 5.32 Å². The molecule has 0 aromatic carbocycles. The Balaban J connectivity index is 1.61. The van der Waals surface area contributed by atoms with Crippen molar-refractivity contribution in [2.45, 2.75) is 26.3 Å². The summed E-state index contributed by atoms with van der Waals surface area (Å²) < 4.78 is 0. The molecule has 5 nitrogen and oxygen atoms in total. The number of carbonyl (C=O) groups excluding carboxylic acids is 1. The molecule has 0 saturated carbocycles. The maximum atomic E-state index is 12.1. The molecule has 0 aliphatic carbocycles. The molecule has 0 unspecified atom stereocenters. The van der Waals surface area contributed by atoms with Gasteiger partial charge >= 0.3 is 0 Å². The topological polar surface area (TPSA) is 67.8 Å². The number of hydrogen-bond donors (Lipinski definition) is 1. The Labute approximate surface area is 144 Å². The molecule has 24 heavy (non-hydrogen) atoms. The number of aromatic nitrogens is 3. The summed E-state index contributed by atoms with van der Waals surface area (Å²) in [4.78, 5) is 26.1. The minimum atomic E-state index is 0.0223. The number of nitrogens with zero attached hydrogens (tertiary/aromatic N) is 3. The van der Waals surface area contributed by atoms with Gasteiger partial charge in [-0.15, -0.1) is 11.3 Å². The van der Waals surface area contributed by atoms with E-state index in [1.807, 2.05) is 12.1 Å². The molecule has 0 fully saturated rings. The highest BCUT2D eigenvalue weighted by Crippen LogP contribution is 2.19. The number of carbonyl (C=O) groups is 1. The first-order valence-corrected chi connectivity index (χ1v) is 8.62. The monoisotopic (exact) mass is 338 g/mol. The minimum Gasteiger partial charge on any atom is -0.350 e. The molecule has 0 aliphatic heterocycles. The lowest BCUT2D eigenvalue weighted by atomic mass is 10.1. The molecular weight excluding hydrogens is 320 g/mol. The Kier molecular flexibility index (Phi) is 5.28. The molecule has 122 valence electrons. The summed E-state index contributed by atoms with van der Waals surface area (Å²) in [6.07, 6.45) is 7.98. The number of rotatable bonds is 6. The summed E-state index contributed by atoms with van der Waals surface area (Å²) in [7, 11) is 0. The Morgan fingerprint density at radius 1 is 1.12 bits per heavy atom. The second-order valence-corrected chi connectivity index (χ2v) is 6.39. The first kappa shape index (κ1) is 16.3. The van der Waals surface area contributed by atoms with E-state index in [9.17, 15) is 4.79 Å². The van der Waals surface area contributed by atoms with Gasteiger partial charge in [-0.05, 0) is 42.5 Å². The van der Waals surface area contributed by atoms with Crippen LogP contribution in [-0.2, 0) is 17.8 Å². The lowest BCUT2D eigenvalue weighted by Crippen LogP contribution is -2.24. The predicted molar refractivity (Wildman–Crippen MR) is 94.5 cm³/mol. The van der Waals surface area contributed by atoms with Gasteiger partial charge in [0.05, 0.1) is 17.9 Å². The van der Waals surface area contributed by atoms with Gasteiger partial charge in [0.2, 0.25) is 5.91 Å². The van der Waals surface area contributed by atoms with Crippen LogP contribution in [0, 0.1) is 6.92 Å². The molecule has 3 heterocycles. The summed E-state index contributed by atoms with van der Waals surface area (Å²) in [5.41, 5.74) is 3.72. The maximum absolute atomic E-state index is 12.1. The van der Waals surface area contributed by atoms with Crippen molar-refractivity contribution in [3.05, 3.63) is 64.5 Å². The maximum Gasteiger partial charge on any atom is 0.220 e. The smallest absolute Gasteiger partial charge is 0.220 e. The molecule has 0 saturated heterocycles. The quantitative estimate of drug-likeness (QED) is 0.750. The van der Waals surface area contributed by atoms with Crippen LogP contribution < -0.4 is 5.32 Å². The SMILES string of the molecule is Cc1ccsc1CCC(=O)NCc1nccnc1-c1ccncc1. The van der Waals surface area contributed by atoms with Crippen LogP contribution in [0.25, 0.3) is 11.3 Å². The van der Waals surface area contributed by atoms with Crippen molar-refractivity contribution in [3.63, 3.8) is 0 Å². The van der Waals surface area contributed by atoms with E-state index in [-0.39, 0.29) is 5.91 Å². The summed E-state index contributed by atoms with van der Waals surface area (Å²) in [5, 5.41) is 5.00. The van der Waals surface area contributed by atoms with Gasteiger partial charge in [0, 0.05) is 41.6 Å². The minimum absolute atomic E-state index is 0.0223.